The molecule has 0 N–H and O–H groups in total. The van der Waals surface area contributed by atoms with Crippen molar-refractivity contribution in [3.05, 3.63) is 29.6 Å². The summed E-state index contributed by atoms with van der Waals surface area (Å²) < 4.78 is 19.1. The van der Waals surface area contributed by atoms with Crippen LogP contribution in [0.2, 0.25) is 0 Å². The number of hydrogen-bond donors (Lipinski definition) is 0. The first-order chi connectivity index (χ1) is 9.20. The van der Waals surface area contributed by atoms with Gasteiger partial charge in [0, 0.05) is 16.5 Å². The largest absolute Gasteiger partial charge is 0.497 e. The zero-order chi connectivity index (χ0) is 13.7. The van der Waals surface area contributed by atoms with Crippen molar-refractivity contribution in [2.24, 2.45) is 5.92 Å². The second-order valence-corrected chi connectivity index (χ2v) is 6.55. The van der Waals surface area contributed by atoms with Crippen molar-refractivity contribution in [3.63, 3.8) is 0 Å². The molecule has 106 valence electrons. The van der Waals surface area contributed by atoms with E-state index in [2.05, 4.69) is 15.9 Å². The van der Waals surface area contributed by atoms with Crippen LogP contribution in [-0.4, -0.2) is 7.11 Å². The Morgan fingerprint density at radius 2 is 1.95 bits per heavy atom. The molecule has 1 aliphatic rings. The van der Waals surface area contributed by atoms with Gasteiger partial charge in [0.05, 0.1) is 7.11 Å². The van der Waals surface area contributed by atoms with Crippen LogP contribution in [0.3, 0.4) is 0 Å². The average molecular weight is 329 g/mol. The molecule has 0 saturated heterocycles. The standard InChI is InChI=1S/C16H22BrFO/c1-19-13-8-9-14(16(18)11-13)15(17)10-12-6-4-2-3-5-7-12/h8-9,11-12,15H,2-7,10H2,1H3. The molecule has 0 aromatic heterocycles. The van der Waals surface area contributed by atoms with Crippen molar-refractivity contribution >= 4 is 15.9 Å². The van der Waals surface area contributed by atoms with Crippen LogP contribution in [0.4, 0.5) is 4.39 Å². The van der Waals surface area contributed by atoms with Gasteiger partial charge in [-0.25, -0.2) is 4.39 Å². The SMILES string of the molecule is COc1ccc(C(Br)CC2CCCCCC2)c(F)c1. The summed E-state index contributed by atoms with van der Waals surface area (Å²) in [5, 5.41) is 0. The van der Waals surface area contributed by atoms with E-state index in [4.69, 9.17) is 4.74 Å². The van der Waals surface area contributed by atoms with Gasteiger partial charge in [0.1, 0.15) is 11.6 Å². The van der Waals surface area contributed by atoms with Crippen LogP contribution in [0.15, 0.2) is 18.2 Å². The van der Waals surface area contributed by atoms with Gasteiger partial charge in [-0.3, -0.25) is 0 Å². The summed E-state index contributed by atoms with van der Waals surface area (Å²) in [7, 11) is 1.56. The van der Waals surface area contributed by atoms with E-state index in [0.717, 1.165) is 17.9 Å². The fourth-order valence-electron chi connectivity index (χ4n) is 2.91. The molecule has 0 radical (unpaired) electrons. The third-order valence-electron chi connectivity index (χ3n) is 4.06. The second kappa shape index (κ2) is 7.28. The molecule has 1 nitrogen and oxygen atoms in total. The minimum atomic E-state index is -0.171. The van der Waals surface area contributed by atoms with E-state index >= 15 is 0 Å². The van der Waals surface area contributed by atoms with Crippen LogP contribution < -0.4 is 4.74 Å². The normalized spacial score (nSPS) is 18.9. The van der Waals surface area contributed by atoms with E-state index in [1.54, 1.807) is 7.11 Å². The molecule has 1 unspecified atom stereocenters. The Labute approximate surface area is 123 Å². The van der Waals surface area contributed by atoms with Gasteiger partial charge in [0.15, 0.2) is 0 Å². The summed E-state index contributed by atoms with van der Waals surface area (Å²) in [5.41, 5.74) is 0.755. The third kappa shape index (κ3) is 4.20. The Bertz CT molecular complexity index is 400. The number of methoxy groups -OCH3 is 1. The van der Waals surface area contributed by atoms with Gasteiger partial charge in [-0.15, -0.1) is 0 Å². The molecular formula is C16H22BrFO. The molecule has 1 fully saturated rings. The Morgan fingerprint density at radius 1 is 1.26 bits per heavy atom. The summed E-state index contributed by atoms with van der Waals surface area (Å²) in [4.78, 5) is 0.113. The molecule has 0 amide bonds. The minimum Gasteiger partial charge on any atom is -0.497 e. The average Bonchev–Trinajstić information content (AvgIpc) is 2.67. The van der Waals surface area contributed by atoms with Crippen LogP contribution in [0, 0.1) is 11.7 Å². The molecule has 2 rings (SSSR count). The summed E-state index contributed by atoms with van der Waals surface area (Å²) >= 11 is 3.66. The topological polar surface area (TPSA) is 9.23 Å². The number of benzene rings is 1. The summed E-state index contributed by atoms with van der Waals surface area (Å²) in [6.07, 6.45) is 8.99. The Hall–Kier alpha value is -0.570. The highest BCUT2D eigenvalue weighted by atomic mass is 79.9. The zero-order valence-corrected chi connectivity index (χ0v) is 13.1. The minimum absolute atomic E-state index is 0.113. The van der Waals surface area contributed by atoms with Gasteiger partial charge in [-0.05, 0) is 18.4 Å². The van der Waals surface area contributed by atoms with Crippen LogP contribution in [-0.2, 0) is 0 Å². The molecule has 0 spiro atoms. The quantitative estimate of drug-likeness (QED) is 0.514. The molecule has 1 aromatic rings. The van der Waals surface area contributed by atoms with E-state index in [1.165, 1.54) is 44.6 Å². The molecule has 0 heterocycles. The fraction of sp³-hybridized carbons (Fsp3) is 0.625. The first kappa shape index (κ1) is 14.8. The van der Waals surface area contributed by atoms with Crippen molar-refractivity contribution in [2.75, 3.05) is 7.11 Å². The highest BCUT2D eigenvalue weighted by Crippen LogP contribution is 2.37. The van der Waals surface area contributed by atoms with Gasteiger partial charge < -0.3 is 4.74 Å². The maximum atomic E-state index is 14.0. The molecule has 1 aliphatic carbocycles. The lowest BCUT2D eigenvalue weighted by Crippen LogP contribution is -2.04. The van der Waals surface area contributed by atoms with Crippen LogP contribution in [0.5, 0.6) is 5.75 Å². The third-order valence-corrected chi connectivity index (χ3v) is 4.93. The highest BCUT2D eigenvalue weighted by Gasteiger charge is 2.20. The van der Waals surface area contributed by atoms with Gasteiger partial charge in [0.2, 0.25) is 0 Å². The van der Waals surface area contributed by atoms with Gasteiger partial charge in [-0.1, -0.05) is 60.5 Å². The number of hydrogen-bond acceptors (Lipinski definition) is 1. The smallest absolute Gasteiger partial charge is 0.131 e. The predicted octanol–water partition coefficient (Wildman–Crippen LogP) is 5.63. The monoisotopic (exact) mass is 328 g/mol. The summed E-state index contributed by atoms with van der Waals surface area (Å²) in [6, 6.07) is 5.14. The molecule has 1 saturated carbocycles. The molecule has 1 atom stereocenters. The van der Waals surface area contributed by atoms with E-state index < -0.39 is 0 Å². The number of alkyl halides is 1. The second-order valence-electron chi connectivity index (χ2n) is 5.45. The Kier molecular flexibility index (Phi) is 5.68. The van der Waals surface area contributed by atoms with Crippen molar-refractivity contribution in [1.82, 2.24) is 0 Å². The number of ether oxygens (including phenoxy) is 1. The number of halogens is 2. The Balaban J connectivity index is 2.00. The van der Waals surface area contributed by atoms with Crippen LogP contribution in [0.25, 0.3) is 0 Å². The molecule has 0 bridgehead atoms. The zero-order valence-electron chi connectivity index (χ0n) is 11.5. The number of rotatable bonds is 4. The molecule has 19 heavy (non-hydrogen) atoms. The van der Waals surface area contributed by atoms with Gasteiger partial charge in [-0.2, -0.15) is 0 Å². The first-order valence-corrected chi connectivity index (χ1v) is 8.09. The first-order valence-electron chi connectivity index (χ1n) is 7.18. The molecule has 1 aromatic carbocycles. The van der Waals surface area contributed by atoms with E-state index in [1.807, 2.05) is 12.1 Å². The van der Waals surface area contributed by atoms with Gasteiger partial charge >= 0.3 is 0 Å². The fourth-order valence-corrected chi connectivity index (χ4v) is 3.81. The highest BCUT2D eigenvalue weighted by molar-refractivity contribution is 9.09. The summed E-state index contributed by atoms with van der Waals surface area (Å²) in [6.45, 7) is 0. The lowest BCUT2D eigenvalue weighted by atomic mass is 9.92. The van der Waals surface area contributed by atoms with Crippen LogP contribution in [0.1, 0.15) is 55.3 Å². The van der Waals surface area contributed by atoms with E-state index in [9.17, 15) is 4.39 Å². The van der Waals surface area contributed by atoms with Crippen molar-refractivity contribution in [3.8, 4) is 5.75 Å². The Morgan fingerprint density at radius 3 is 2.53 bits per heavy atom. The van der Waals surface area contributed by atoms with Crippen molar-refractivity contribution in [1.29, 1.82) is 0 Å². The van der Waals surface area contributed by atoms with Crippen molar-refractivity contribution < 1.29 is 9.13 Å². The predicted molar refractivity (Wildman–Crippen MR) is 80.4 cm³/mol. The lowest BCUT2D eigenvalue weighted by Gasteiger charge is -2.19. The van der Waals surface area contributed by atoms with Crippen LogP contribution >= 0.6 is 15.9 Å². The maximum absolute atomic E-state index is 14.0. The van der Waals surface area contributed by atoms with Gasteiger partial charge in [0.25, 0.3) is 0 Å². The van der Waals surface area contributed by atoms with E-state index in [-0.39, 0.29) is 10.6 Å². The molecular weight excluding hydrogens is 307 g/mol. The maximum Gasteiger partial charge on any atom is 0.131 e. The van der Waals surface area contributed by atoms with Crippen molar-refractivity contribution in [2.45, 2.75) is 49.8 Å². The lowest BCUT2D eigenvalue weighted by molar-refractivity contribution is 0.408. The van der Waals surface area contributed by atoms with E-state index in [0.29, 0.717) is 5.75 Å². The summed E-state index contributed by atoms with van der Waals surface area (Å²) in [5.74, 6) is 1.14. The molecule has 3 heteroatoms. The molecule has 0 aliphatic heterocycles.